The zero-order valence-corrected chi connectivity index (χ0v) is 11.0. The highest BCUT2D eigenvalue weighted by atomic mass is 16.4. The summed E-state index contributed by atoms with van der Waals surface area (Å²) in [6.07, 6.45) is 0.132. The number of carbonyl (C=O) groups excluding carboxylic acids is 1. The van der Waals surface area contributed by atoms with Crippen molar-refractivity contribution in [2.24, 2.45) is 0 Å². The fourth-order valence-electron chi connectivity index (χ4n) is 2.06. The second-order valence-electron chi connectivity index (χ2n) is 4.60. The molecule has 0 aliphatic rings. The first-order valence-electron chi connectivity index (χ1n) is 6.12. The van der Waals surface area contributed by atoms with Gasteiger partial charge in [-0.25, -0.2) is 4.79 Å². The summed E-state index contributed by atoms with van der Waals surface area (Å²) in [4.78, 5) is 23.1. The number of carboxylic acid groups (broad SMARTS) is 1. The predicted octanol–water partition coefficient (Wildman–Crippen LogP) is 2.82. The molecule has 4 heteroatoms. The number of aryl methyl sites for hydroxylation is 1. The number of aromatic hydroxyl groups is 1. The molecule has 2 aromatic carbocycles. The molecule has 0 unspecified atom stereocenters. The largest absolute Gasteiger partial charge is 0.508 e. The molecule has 0 amide bonds. The highest BCUT2D eigenvalue weighted by molar-refractivity contribution is 5.99. The van der Waals surface area contributed by atoms with Crippen LogP contribution in [0.15, 0.2) is 42.5 Å². The first-order chi connectivity index (χ1) is 9.47. The van der Waals surface area contributed by atoms with E-state index in [9.17, 15) is 14.7 Å². The minimum Gasteiger partial charge on any atom is -0.508 e. The molecule has 0 heterocycles. The van der Waals surface area contributed by atoms with Crippen molar-refractivity contribution in [3.63, 3.8) is 0 Å². The fourth-order valence-corrected chi connectivity index (χ4v) is 2.06. The van der Waals surface area contributed by atoms with Crippen molar-refractivity contribution < 1.29 is 19.8 Å². The fraction of sp³-hybridized carbons (Fsp3) is 0.125. The molecule has 0 atom stereocenters. The molecule has 0 aromatic heterocycles. The molecule has 2 aromatic rings. The summed E-state index contributed by atoms with van der Waals surface area (Å²) in [7, 11) is 0. The van der Waals surface area contributed by atoms with Crippen molar-refractivity contribution in [2.75, 3.05) is 0 Å². The van der Waals surface area contributed by atoms with Gasteiger partial charge in [0.25, 0.3) is 0 Å². The molecule has 20 heavy (non-hydrogen) atoms. The van der Waals surface area contributed by atoms with Crippen LogP contribution in [0.2, 0.25) is 0 Å². The summed E-state index contributed by atoms with van der Waals surface area (Å²) >= 11 is 0. The van der Waals surface area contributed by atoms with Gasteiger partial charge in [0.2, 0.25) is 0 Å². The standard InChI is InChI=1S/C16H14O4/c1-10-7-13(17)5-6-14(10)15(18)9-11-3-2-4-12(8-11)16(19)20/h2-8,17H,9H2,1H3,(H,19,20). The Morgan fingerprint density at radius 1 is 1.10 bits per heavy atom. The molecule has 0 bridgehead atoms. The van der Waals surface area contributed by atoms with Gasteiger partial charge in [0.05, 0.1) is 5.56 Å². The summed E-state index contributed by atoms with van der Waals surface area (Å²) in [6.45, 7) is 1.75. The highest BCUT2D eigenvalue weighted by Gasteiger charge is 2.11. The molecule has 102 valence electrons. The first kappa shape index (κ1) is 13.8. The maximum Gasteiger partial charge on any atom is 0.335 e. The zero-order valence-electron chi connectivity index (χ0n) is 11.0. The lowest BCUT2D eigenvalue weighted by Crippen LogP contribution is -2.06. The molecule has 0 fully saturated rings. The number of carboxylic acids is 1. The normalized spacial score (nSPS) is 10.2. The number of aromatic carboxylic acids is 1. The topological polar surface area (TPSA) is 74.6 Å². The third kappa shape index (κ3) is 3.03. The lowest BCUT2D eigenvalue weighted by Gasteiger charge is -2.06. The number of benzene rings is 2. The van der Waals surface area contributed by atoms with E-state index in [0.29, 0.717) is 16.7 Å². The Labute approximate surface area is 116 Å². The number of Topliss-reactive ketones (excluding diaryl/α,β-unsaturated/α-hetero) is 1. The Bertz CT molecular complexity index is 674. The minimum atomic E-state index is -1.01. The van der Waals surface area contributed by atoms with E-state index in [-0.39, 0.29) is 23.5 Å². The summed E-state index contributed by atoms with van der Waals surface area (Å²) in [5, 5.41) is 18.3. The lowest BCUT2D eigenvalue weighted by atomic mass is 9.98. The lowest BCUT2D eigenvalue weighted by molar-refractivity contribution is 0.0696. The molecule has 4 nitrogen and oxygen atoms in total. The van der Waals surface area contributed by atoms with Crippen LogP contribution in [0.25, 0.3) is 0 Å². The number of hydrogen-bond acceptors (Lipinski definition) is 3. The van der Waals surface area contributed by atoms with Crippen molar-refractivity contribution in [3.05, 3.63) is 64.7 Å². The molecule has 0 saturated heterocycles. The number of ketones is 1. The molecule has 0 aliphatic carbocycles. The van der Waals surface area contributed by atoms with Gasteiger partial charge in [-0.05, 0) is 48.4 Å². The number of rotatable bonds is 4. The molecule has 0 aliphatic heterocycles. The second kappa shape index (κ2) is 5.57. The molecule has 2 N–H and O–H groups in total. The van der Waals surface area contributed by atoms with E-state index >= 15 is 0 Å². The van der Waals surface area contributed by atoms with Crippen molar-refractivity contribution in [1.29, 1.82) is 0 Å². The molecular weight excluding hydrogens is 256 g/mol. The number of phenols is 1. The van der Waals surface area contributed by atoms with Gasteiger partial charge in [-0.1, -0.05) is 12.1 Å². The van der Waals surface area contributed by atoms with E-state index in [1.54, 1.807) is 25.1 Å². The van der Waals surface area contributed by atoms with Crippen LogP contribution in [-0.4, -0.2) is 22.0 Å². The van der Waals surface area contributed by atoms with Crippen LogP contribution in [-0.2, 0) is 6.42 Å². The molecule has 0 spiro atoms. The second-order valence-corrected chi connectivity index (χ2v) is 4.60. The van der Waals surface area contributed by atoms with Gasteiger partial charge < -0.3 is 10.2 Å². The maximum absolute atomic E-state index is 12.2. The van der Waals surface area contributed by atoms with Gasteiger partial charge >= 0.3 is 5.97 Å². The minimum absolute atomic E-state index is 0.106. The van der Waals surface area contributed by atoms with Crippen LogP contribution in [0.1, 0.15) is 31.8 Å². The Morgan fingerprint density at radius 2 is 1.85 bits per heavy atom. The Kier molecular flexibility index (Phi) is 3.84. The number of phenolic OH excluding ortho intramolecular Hbond substituents is 1. The third-order valence-corrected chi connectivity index (χ3v) is 3.05. The van der Waals surface area contributed by atoms with E-state index in [4.69, 9.17) is 5.11 Å². The molecular formula is C16H14O4. The third-order valence-electron chi connectivity index (χ3n) is 3.05. The number of carbonyl (C=O) groups is 2. The van der Waals surface area contributed by atoms with E-state index in [1.165, 1.54) is 24.3 Å². The van der Waals surface area contributed by atoms with Crippen LogP contribution < -0.4 is 0 Å². The molecule has 2 rings (SSSR count). The summed E-state index contributed by atoms with van der Waals surface area (Å²) < 4.78 is 0. The van der Waals surface area contributed by atoms with Crippen LogP contribution >= 0.6 is 0 Å². The maximum atomic E-state index is 12.2. The zero-order chi connectivity index (χ0) is 14.7. The van der Waals surface area contributed by atoms with Crippen molar-refractivity contribution in [1.82, 2.24) is 0 Å². The van der Waals surface area contributed by atoms with Crippen LogP contribution in [0, 0.1) is 6.92 Å². The average molecular weight is 270 g/mol. The molecule has 0 radical (unpaired) electrons. The average Bonchev–Trinajstić information content (AvgIpc) is 2.38. The van der Waals surface area contributed by atoms with Gasteiger partial charge in [0, 0.05) is 12.0 Å². The highest BCUT2D eigenvalue weighted by Crippen LogP contribution is 2.18. The monoisotopic (exact) mass is 270 g/mol. The van der Waals surface area contributed by atoms with Gasteiger partial charge in [-0.3, -0.25) is 4.79 Å². The Morgan fingerprint density at radius 3 is 2.50 bits per heavy atom. The summed E-state index contributed by atoms with van der Waals surface area (Å²) in [6, 6.07) is 10.9. The van der Waals surface area contributed by atoms with Gasteiger partial charge in [0.1, 0.15) is 5.75 Å². The van der Waals surface area contributed by atoms with Gasteiger partial charge in [0.15, 0.2) is 5.78 Å². The Hall–Kier alpha value is -2.62. The quantitative estimate of drug-likeness (QED) is 0.838. The summed E-state index contributed by atoms with van der Waals surface area (Å²) in [5.74, 6) is -1.00. The van der Waals surface area contributed by atoms with E-state index in [0.717, 1.165) is 0 Å². The first-order valence-corrected chi connectivity index (χ1v) is 6.12. The predicted molar refractivity (Wildman–Crippen MR) is 74.3 cm³/mol. The smallest absolute Gasteiger partial charge is 0.335 e. The SMILES string of the molecule is Cc1cc(O)ccc1C(=O)Cc1cccc(C(=O)O)c1. The molecule has 0 saturated carbocycles. The van der Waals surface area contributed by atoms with E-state index < -0.39 is 5.97 Å². The van der Waals surface area contributed by atoms with Crippen molar-refractivity contribution >= 4 is 11.8 Å². The van der Waals surface area contributed by atoms with Crippen molar-refractivity contribution in [3.8, 4) is 5.75 Å². The van der Waals surface area contributed by atoms with Crippen LogP contribution in [0.3, 0.4) is 0 Å². The van der Waals surface area contributed by atoms with Crippen molar-refractivity contribution in [2.45, 2.75) is 13.3 Å². The summed E-state index contributed by atoms with van der Waals surface area (Å²) in [5.41, 5.74) is 2.05. The Balaban J connectivity index is 2.23. The van der Waals surface area contributed by atoms with Gasteiger partial charge in [-0.15, -0.1) is 0 Å². The van der Waals surface area contributed by atoms with E-state index in [2.05, 4.69) is 0 Å². The number of hydrogen-bond donors (Lipinski definition) is 2. The van der Waals surface area contributed by atoms with Crippen LogP contribution in [0.5, 0.6) is 5.75 Å². The van der Waals surface area contributed by atoms with Crippen LogP contribution in [0.4, 0.5) is 0 Å². The van der Waals surface area contributed by atoms with E-state index in [1.807, 2.05) is 0 Å². The van der Waals surface area contributed by atoms with Gasteiger partial charge in [-0.2, -0.15) is 0 Å².